The lowest BCUT2D eigenvalue weighted by Gasteiger charge is -2.29. The molecule has 2 fully saturated rings. The van der Waals surface area contributed by atoms with Gasteiger partial charge in [0.05, 0.1) is 6.04 Å². The average Bonchev–Trinajstić information content (AvgIpc) is 2.86. The van der Waals surface area contributed by atoms with Crippen LogP contribution in [0.3, 0.4) is 0 Å². The van der Waals surface area contributed by atoms with Gasteiger partial charge in [0.15, 0.2) is 0 Å². The summed E-state index contributed by atoms with van der Waals surface area (Å²) in [6, 6.07) is 0.0593. The Bertz CT molecular complexity index is 258. The van der Waals surface area contributed by atoms with Gasteiger partial charge in [-0.25, -0.2) is 0 Å². The molecule has 1 saturated carbocycles. The molecule has 1 aliphatic heterocycles. The quantitative estimate of drug-likeness (QED) is 0.807. The van der Waals surface area contributed by atoms with Crippen LogP contribution >= 0.6 is 11.8 Å². The summed E-state index contributed by atoms with van der Waals surface area (Å²) in [5.41, 5.74) is 0. The highest BCUT2D eigenvalue weighted by atomic mass is 32.2. The fraction of sp³-hybridized carbons (Fsp3) is 0.923. The fourth-order valence-electron chi connectivity index (χ4n) is 2.92. The summed E-state index contributed by atoms with van der Waals surface area (Å²) in [4.78, 5) is 12.0. The van der Waals surface area contributed by atoms with E-state index in [1.807, 2.05) is 11.8 Å². The molecule has 0 aromatic rings. The van der Waals surface area contributed by atoms with Crippen LogP contribution in [0.5, 0.6) is 0 Å². The molecule has 2 N–H and O–H groups in total. The van der Waals surface area contributed by atoms with Gasteiger partial charge in [-0.05, 0) is 38.5 Å². The molecule has 0 aromatic heterocycles. The molecule has 3 nitrogen and oxygen atoms in total. The van der Waals surface area contributed by atoms with Gasteiger partial charge in [0.1, 0.15) is 0 Å². The molecule has 0 aromatic carbocycles. The van der Waals surface area contributed by atoms with Crippen LogP contribution in [-0.4, -0.2) is 36.0 Å². The Morgan fingerprint density at radius 1 is 1.35 bits per heavy atom. The minimum atomic E-state index is 0.0593. The predicted molar refractivity (Wildman–Crippen MR) is 73.4 cm³/mol. The first-order chi connectivity index (χ1) is 8.26. The van der Waals surface area contributed by atoms with Gasteiger partial charge in [0.25, 0.3) is 0 Å². The van der Waals surface area contributed by atoms with Crippen molar-refractivity contribution in [2.75, 3.05) is 19.3 Å². The maximum absolute atomic E-state index is 12.0. The smallest absolute Gasteiger partial charge is 0.237 e. The Kier molecular flexibility index (Phi) is 4.74. The molecular weight excluding hydrogens is 232 g/mol. The van der Waals surface area contributed by atoms with Gasteiger partial charge in [-0.3, -0.25) is 4.79 Å². The number of carbonyl (C=O) groups excluding carboxylic acids is 1. The third kappa shape index (κ3) is 3.38. The SMILES string of the molecule is CSC1(CNC(=O)[C@@H]2CCCCN2)CCCC1. The van der Waals surface area contributed by atoms with Gasteiger partial charge in [0.2, 0.25) is 5.91 Å². The van der Waals surface area contributed by atoms with Gasteiger partial charge in [-0.2, -0.15) is 11.8 Å². The number of hydrogen-bond donors (Lipinski definition) is 2. The first-order valence-corrected chi connectivity index (χ1v) is 8.04. The van der Waals surface area contributed by atoms with E-state index in [0.29, 0.717) is 4.75 Å². The van der Waals surface area contributed by atoms with Crippen LogP contribution in [0.2, 0.25) is 0 Å². The molecule has 0 unspecified atom stereocenters. The van der Waals surface area contributed by atoms with E-state index in [-0.39, 0.29) is 11.9 Å². The van der Waals surface area contributed by atoms with Crippen LogP contribution in [0.25, 0.3) is 0 Å². The predicted octanol–water partition coefficient (Wildman–Crippen LogP) is 1.92. The van der Waals surface area contributed by atoms with Gasteiger partial charge in [-0.15, -0.1) is 0 Å². The standard InChI is InChI=1S/C13H24N2OS/c1-17-13(7-3-4-8-13)10-15-12(16)11-6-2-5-9-14-11/h11,14H,2-10H2,1H3,(H,15,16)/t11-/m0/s1. The summed E-state index contributed by atoms with van der Waals surface area (Å²) in [6.07, 6.45) is 10.7. The van der Waals surface area contributed by atoms with Gasteiger partial charge in [0, 0.05) is 11.3 Å². The minimum absolute atomic E-state index is 0.0593. The van der Waals surface area contributed by atoms with Crippen LogP contribution in [0.15, 0.2) is 0 Å². The lowest BCUT2D eigenvalue weighted by molar-refractivity contribution is -0.123. The van der Waals surface area contributed by atoms with Crippen LogP contribution in [0.1, 0.15) is 44.9 Å². The molecule has 0 spiro atoms. The van der Waals surface area contributed by atoms with E-state index in [1.54, 1.807) is 0 Å². The van der Waals surface area contributed by atoms with Gasteiger partial charge < -0.3 is 10.6 Å². The second-order valence-corrected chi connectivity index (χ2v) is 6.59. The molecule has 4 heteroatoms. The molecular formula is C13H24N2OS. The third-order valence-corrected chi connectivity index (χ3v) is 5.58. The van der Waals surface area contributed by atoms with Crippen molar-refractivity contribution in [1.82, 2.24) is 10.6 Å². The minimum Gasteiger partial charge on any atom is -0.353 e. The van der Waals surface area contributed by atoms with Crippen molar-refractivity contribution in [3.8, 4) is 0 Å². The molecule has 17 heavy (non-hydrogen) atoms. The highest BCUT2D eigenvalue weighted by molar-refractivity contribution is 8.00. The second-order valence-electron chi connectivity index (χ2n) is 5.31. The summed E-state index contributed by atoms with van der Waals surface area (Å²) in [7, 11) is 0. The van der Waals surface area contributed by atoms with E-state index < -0.39 is 0 Å². The first kappa shape index (κ1) is 13.2. The van der Waals surface area contributed by atoms with Crippen molar-refractivity contribution in [3.63, 3.8) is 0 Å². The Balaban J connectivity index is 1.78. The number of amides is 1. The van der Waals surface area contributed by atoms with Crippen molar-refractivity contribution in [2.45, 2.75) is 55.7 Å². The van der Waals surface area contributed by atoms with Crippen molar-refractivity contribution >= 4 is 17.7 Å². The molecule has 1 saturated heterocycles. The monoisotopic (exact) mass is 256 g/mol. The molecule has 1 atom stereocenters. The van der Waals surface area contributed by atoms with Crippen LogP contribution in [0.4, 0.5) is 0 Å². The maximum Gasteiger partial charge on any atom is 0.237 e. The molecule has 2 aliphatic rings. The highest BCUT2D eigenvalue weighted by Gasteiger charge is 2.33. The lowest BCUT2D eigenvalue weighted by Crippen LogP contribution is -2.49. The largest absolute Gasteiger partial charge is 0.353 e. The zero-order valence-corrected chi connectivity index (χ0v) is 11.6. The Hall–Kier alpha value is -0.220. The third-order valence-electron chi connectivity index (χ3n) is 4.16. The summed E-state index contributed by atoms with van der Waals surface area (Å²) in [5, 5.41) is 6.47. The number of nitrogens with one attached hydrogen (secondary N) is 2. The van der Waals surface area contributed by atoms with E-state index in [1.165, 1.54) is 38.5 Å². The topological polar surface area (TPSA) is 41.1 Å². The molecule has 0 bridgehead atoms. The number of carbonyl (C=O) groups is 1. The normalized spacial score (nSPS) is 27.9. The van der Waals surface area contributed by atoms with E-state index in [9.17, 15) is 4.79 Å². The summed E-state index contributed by atoms with van der Waals surface area (Å²) >= 11 is 1.93. The molecule has 2 rings (SSSR count). The van der Waals surface area contributed by atoms with E-state index >= 15 is 0 Å². The molecule has 1 heterocycles. The second kappa shape index (κ2) is 6.10. The van der Waals surface area contributed by atoms with E-state index in [4.69, 9.17) is 0 Å². The molecule has 1 amide bonds. The number of piperidine rings is 1. The Labute approximate surface area is 108 Å². The lowest BCUT2D eigenvalue weighted by atomic mass is 10.0. The fourth-order valence-corrected chi connectivity index (χ4v) is 3.83. The maximum atomic E-state index is 12.0. The van der Waals surface area contributed by atoms with Crippen LogP contribution in [0, 0.1) is 0 Å². The van der Waals surface area contributed by atoms with E-state index in [0.717, 1.165) is 19.5 Å². The van der Waals surface area contributed by atoms with Crippen molar-refractivity contribution < 1.29 is 4.79 Å². The number of thioether (sulfide) groups is 1. The average molecular weight is 256 g/mol. The Morgan fingerprint density at radius 2 is 2.12 bits per heavy atom. The molecule has 98 valence electrons. The molecule has 1 aliphatic carbocycles. The summed E-state index contributed by atoms with van der Waals surface area (Å²) in [6.45, 7) is 1.84. The Morgan fingerprint density at radius 3 is 2.71 bits per heavy atom. The highest BCUT2D eigenvalue weighted by Crippen LogP contribution is 2.39. The summed E-state index contributed by atoms with van der Waals surface area (Å²) < 4.78 is 0.324. The molecule has 0 radical (unpaired) electrons. The van der Waals surface area contributed by atoms with Crippen molar-refractivity contribution in [3.05, 3.63) is 0 Å². The summed E-state index contributed by atoms with van der Waals surface area (Å²) in [5.74, 6) is 0.213. The zero-order valence-electron chi connectivity index (χ0n) is 10.8. The zero-order chi connectivity index (χ0) is 12.1. The van der Waals surface area contributed by atoms with Crippen LogP contribution in [-0.2, 0) is 4.79 Å². The van der Waals surface area contributed by atoms with E-state index in [2.05, 4.69) is 16.9 Å². The van der Waals surface area contributed by atoms with Crippen molar-refractivity contribution in [1.29, 1.82) is 0 Å². The van der Waals surface area contributed by atoms with Crippen LogP contribution < -0.4 is 10.6 Å². The van der Waals surface area contributed by atoms with Gasteiger partial charge in [-0.1, -0.05) is 19.3 Å². The first-order valence-electron chi connectivity index (χ1n) is 6.82. The number of rotatable bonds is 4. The number of hydrogen-bond acceptors (Lipinski definition) is 3. The van der Waals surface area contributed by atoms with Gasteiger partial charge >= 0.3 is 0 Å². The van der Waals surface area contributed by atoms with Crippen molar-refractivity contribution in [2.24, 2.45) is 0 Å².